The number of rotatable bonds is 7. The van der Waals surface area contributed by atoms with Crippen LogP contribution in [0.3, 0.4) is 0 Å². The molecule has 6 nitrogen and oxygen atoms in total. The van der Waals surface area contributed by atoms with Gasteiger partial charge in [0.1, 0.15) is 0 Å². The monoisotopic (exact) mass is 251 g/mol. The van der Waals surface area contributed by atoms with Gasteiger partial charge in [-0.05, 0) is 6.07 Å². The fourth-order valence-electron chi connectivity index (χ4n) is 1.53. The van der Waals surface area contributed by atoms with E-state index in [0.717, 1.165) is 0 Å². The molecule has 18 heavy (non-hydrogen) atoms. The van der Waals surface area contributed by atoms with Crippen molar-refractivity contribution in [2.45, 2.75) is 12.8 Å². The molecule has 0 heterocycles. The summed E-state index contributed by atoms with van der Waals surface area (Å²) in [7, 11) is 0. The molecule has 0 aliphatic rings. The first-order valence-corrected chi connectivity index (χ1v) is 5.43. The highest BCUT2D eigenvalue weighted by molar-refractivity contribution is 5.69. The Bertz CT molecular complexity index is 414. The van der Waals surface area contributed by atoms with Crippen molar-refractivity contribution in [1.29, 1.82) is 0 Å². The number of anilines is 1. The molecular formula is C12H13NO5-2. The van der Waals surface area contributed by atoms with Crippen molar-refractivity contribution >= 4 is 17.6 Å². The molecule has 98 valence electrons. The molecule has 0 fully saturated rings. The highest BCUT2D eigenvalue weighted by Crippen LogP contribution is 2.24. The molecule has 0 saturated heterocycles. The van der Waals surface area contributed by atoms with Crippen molar-refractivity contribution in [2.75, 3.05) is 18.0 Å². The Morgan fingerprint density at radius 2 is 1.78 bits per heavy atom. The average molecular weight is 251 g/mol. The van der Waals surface area contributed by atoms with Crippen LogP contribution in [0.5, 0.6) is 5.75 Å². The van der Waals surface area contributed by atoms with Crippen LogP contribution < -0.4 is 15.1 Å². The number of hydrogen-bond donors (Lipinski definition) is 1. The summed E-state index contributed by atoms with van der Waals surface area (Å²) in [6.07, 6.45) is -0.421. The zero-order valence-electron chi connectivity index (χ0n) is 9.67. The summed E-state index contributed by atoms with van der Waals surface area (Å²) >= 11 is 0. The SMILES string of the molecule is O=C([O-])CCN(CCC(=O)O)c1ccccc1[O-]. The maximum Gasteiger partial charge on any atom is 0.305 e. The van der Waals surface area contributed by atoms with Gasteiger partial charge in [0.05, 0.1) is 6.42 Å². The van der Waals surface area contributed by atoms with Gasteiger partial charge in [-0.25, -0.2) is 0 Å². The number of hydrogen-bond acceptors (Lipinski definition) is 5. The molecule has 0 radical (unpaired) electrons. The van der Waals surface area contributed by atoms with Gasteiger partial charge in [-0.1, -0.05) is 23.9 Å². The first kappa shape index (κ1) is 13.8. The minimum Gasteiger partial charge on any atom is -0.871 e. The molecule has 0 aliphatic heterocycles. The van der Waals surface area contributed by atoms with E-state index in [1.54, 1.807) is 18.2 Å². The Morgan fingerprint density at radius 3 is 2.33 bits per heavy atom. The first-order valence-electron chi connectivity index (χ1n) is 5.43. The number of carbonyl (C=O) groups excluding carboxylic acids is 1. The van der Waals surface area contributed by atoms with Crippen molar-refractivity contribution < 1.29 is 24.9 Å². The molecule has 1 rings (SSSR count). The number of nitrogens with zero attached hydrogens (tertiary/aromatic N) is 1. The Hall–Kier alpha value is -2.24. The van der Waals surface area contributed by atoms with E-state index in [0.29, 0.717) is 5.69 Å². The summed E-state index contributed by atoms with van der Waals surface area (Å²) in [6.45, 7) is 0.136. The van der Waals surface area contributed by atoms with Crippen molar-refractivity contribution in [3.05, 3.63) is 24.3 Å². The van der Waals surface area contributed by atoms with Gasteiger partial charge in [0.2, 0.25) is 0 Å². The van der Waals surface area contributed by atoms with Crippen LogP contribution in [0, 0.1) is 0 Å². The molecule has 1 aromatic rings. The van der Waals surface area contributed by atoms with Gasteiger partial charge >= 0.3 is 5.97 Å². The lowest BCUT2D eigenvalue weighted by molar-refractivity contribution is -0.305. The summed E-state index contributed by atoms with van der Waals surface area (Å²) < 4.78 is 0. The van der Waals surface area contributed by atoms with Crippen LogP contribution in [-0.4, -0.2) is 30.1 Å². The van der Waals surface area contributed by atoms with Gasteiger partial charge in [0.25, 0.3) is 0 Å². The number of carboxylic acid groups (broad SMARTS) is 2. The number of aliphatic carboxylic acids is 2. The summed E-state index contributed by atoms with van der Waals surface area (Å²) in [6, 6.07) is 6.10. The molecule has 0 bridgehead atoms. The second-order valence-corrected chi connectivity index (χ2v) is 3.72. The van der Waals surface area contributed by atoms with Crippen LogP contribution in [0.2, 0.25) is 0 Å². The van der Waals surface area contributed by atoms with Crippen LogP contribution in [-0.2, 0) is 9.59 Å². The molecule has 0 saturated carbocycles. The molecule has 6 heteroatoms. The molecular weight excluding hydrogens is 238 g/mol. The van der Waals surface area contributed by atoms with Crippen molar-refractivity contribution in [3.8, 4) is 5.75 Å². The molecule has 1 aromatic carbocycles. The second-order valence-electron chi connectivity index (χ2n) is 3.72. The Morgan fingerprint density at radius 1 is 1.17 bits per heavy atom. The third-order valence-corrected chi connectivity index (χ3v) is 2.39. The van der Waals surface area contributed by atoms with Gasteiger partial charge in [-0.2, -0.15) is 0 Å². The molecule has 0 amide bonds. The van der Waals surface area contributed by atoms with Crippen LogP contribution in [0.4, 0.5) is 5.69 Å². The highest BCUT2D eigenvalue weighted by atomic mass is 16.4. The van der Waals surface area contributed by atoms with Gasteiger partial charge < -0.3 is 25.0 Å². The highest BCUT2D eigenvalue weighted by Gasteiger charge is 2.09. The second kappa shape index (κ2) is 6.48. The van der Waals surface area contributed by atoms with Gasteiger partial charge in [-0.15, -0.1) is 0 Å². The normalized spacial score (nSPS) is 10.0. The number of carboxylic acids is 2. The van der Waals surface area contributed by atoms with E-state index in [1.165, 1.54) is 11.0 Å². The van der Waals surface area contributed by atoms with E-state index in [2.05, 4.69) is 0 Å². The summed E-state index contributed by atoms with van der Waals surface area (Å²) in [5.74, 6) is -2.50. The van der Waals surface area contributed by atoms with E-state index in [1.807, 2.05) is 0 Å². The summed E-state index contributed by atoms with van der Waals surface area (Å²) in [4.78, 5) is 22.4. The van der Waals surface area contributed by atoms with E-state index < -0.39 is 11.9 Å². The van der Waals surface area contributed by atoms with Gasteiger partial charge in [-0.3, -0.25) is 4.79 Å². The van der Waals surface area contributed by atoms with Crippen molar-refractivity contribution in [3.63, 3.8) is 0 Å². The number of carbonyl (C=O) groups is 2. The molecule has 0 spiro atoms. The Balaban J connectivity index is 2.79. The number of benzene rings is 1. The minimum absolute atomic E-state index is 0.0505. The van der Waals surface area contributed by atoms with Crippen LogP contribution in [0.1, 0.15) is 12.8 Å². The van der Waals surface area contributed by atoms with E-state index in [-0.39, 0.29) is 31.7 Å². The predicted octanol–water partition coefficient (Wildman–Crippen LogP) is -0.819. The Kier molecular flexibility index (Phi) is 4.98. The zero-order chi connectivity index (χ0) is 13.5. The van der Waals surface area contributed by atoms with Crippen LogP contribution in [0.15, 0.2) is 24.3 Å². The zero-order valence-corrected chi connectivity index (χ0v) is 9.67. The molecule has 0 aliphatic carbocycles. The van der Waals surface area contributed by atoms with Crippen molar-refractivity contribution in [2.24, 2.45) is 0 Å². The van der Waals surface area contributed by atoms with Gasteiger partial charge in [0, 0.05) is 31.2 Å². The lowest BCUT2D eigenvalue weighted by Crippen LogP contribution is -2.33. The number of para-hydroxylation sites is 2. The maximum absolute atomic E-state index is 11.6. The predicted molar refractivity (Wildman–Crippen MR) is 60.0 cm³/mol. The summed E-state index contributed by atoms with van der Waals surface area (Å²) in [5, 5.41) is 30.6. The fraction of sp³-hybridized carbons (Fsp3) is 0.333. The van der Waals surface area contributed by atoms with Crippen LogP contribution >= 0.6 is 0 Å². The topological polar surface area (TPSA) is 104 Å². The molecule has 0 aromatic heterocycles. The average Bonchev–Trinajstić information content (AvgIpc) is 2.30. The molecule has 0 atom stereocenters. The van der Waals surface area contributed by atoms with E-state index >= 15 is 0 Å². The molecule has 0 unspecified atom stereocenters. The lowest BCUT2D eigenvalue weighted by Gasteiger charge is -2.28. The Labute approximate surface area is 104 Å². The van der Waals surface area contributed by atoms with E-state index in [9.17, 15) is 19.8 Å². The smallest absolute Gasteiger partial charge is 0.305 e. The lowest BCUT2D eigenvalue weighted by atomic mass is 10.2. The van der Waals surface area contributed by atoms with Gasteiger partial charge in [0.15, 0.2) is 0 Å². The summed E-state index contributed by atoms with van der Waals surface area (Å²) in [5.41, 5.74) is 0.306. The third kappa shape index (κ3) is 4.32. The largest absolute Gasteiger partial charge is 0.871 e. The first-order chi connectivity index (χ1) is 8.50. The maximum atomic E-state index is 11.6. The van der Waals surface area contributed by atoms with E-state index in [4.69, 9.17) is 5.11 Å². The quantitative estimate of drug-likeness (QED) is 0.679. The molecule has 1 N–H and O–H groups in total. The van der Waals surface area contributed by atoms with Crippen LogP contribution in [0.25, 0.3) is 0 Å². The standard InChI is InChI=1S/C12H15NO5/c14-10-4-2-1-3-9(10)13(7-5-11(15)16)8-6-12(17)18/h1-4,14H,5-8H2,(H,15,16)(H,17,18)/p-2. The van der Waals surface area contributed by atoms with Crippen molar-refractivity contribution in [1.82, 2.24) is 0 Å². The minimum atomic E-state index is -1.24. The third-order valence-electron chi connectivity index (χ3n) is 2.39. The fourth-order valence-corrected chi connectivity index (χ4v) is 1.53.